The number of ketones is 1. The maximum absolute atomic E-state index is 12.9. The van der Waals surface area contributed by atoms with Gasteiger partial charge in [0.05, 0.1) is 12.0 Å². The van der Waals surface area contributed by atoms with Gasteiger partial charge in [-0.3, -0.25) is 24.5 Å². The van der Waals surface area contributed by atoms with E-state index in [0.717, 1.165) is 0 Å². The Balaban J connectivity index is 1.66. The molecule has 4 atom stereocenters. The van der Waals surface area contributed by atoms with E-state index in [9.17, 15) is 19.2 Å². The maximum atomic E-state index is 12.9. The van der Waals surface area contributed by atoms with Crippen LogP contribution in [0.1, 0.15) is 38.8 Å². The highest BCUT2D eigenvalue weighted by Crippen LogP contribution is 2.34. The zero-order chi connectivity index (χ0) is 21.3. The Labute approximate surface area is 168 Å². The summed E-state index contributed by atoms with van der Waals surface area (Å²) < 4.78 is 10.6. The SMILES string of the molecule is CC(C)[C@H](NC(=O)CC(N)c1ccc2c(c1)OCO2)C(=O)[C@@H]1C(=O)NC(=O)[C@H]1C. The lowest BCUT2D eigenvalue weighted by molar-refractivity contribution is -0.137. The highest BCUT2D eigenvalue weighted by molar-refractivity contribution is 6.16. The zero-order valence-corrected chi connectivity index (χ0v) is 16.6. The molecule has 0 saturated carbocycles. The van der Waals surface area contributed by atoms with Crippen molar-refractivity contribution in [2.24, 2.45) is 23.5 Å². The topological polar surface area (TPSA) is 137 Å². The molecule has 1 saturated heterocycles. The number of Topliss-reactive ketones (excluding diaryl/α,β-unsaturated/α-hetero) is 1. The molecule has 3 rings (SSSR count). The van der Waals surface area contributed by atoms with Gasteiger partial charge in [-0.2, -0.15) is 0 Å². The van der Waals surface area contributed by atoms with Crippen molar-refractivity contribution in [1.29, 1.82) is 0 Å². The molecule has 3 amide bonds. The van der Waals surface area contributed by atoms with Gasteiger partial charge in [0.1, 0.15) is 5.92 Å². The number of carbonyl (C=O) groups is 4. The van der Waals surface area contributed by atoms with Crippen molar-refractivity contribution in [3.8, 4) is 11.5 Å². The molecule has 156 valence electrons. The molecule has 0 radical (unpaired) electrons. The van der Waals surface area contributed by atoms with Gasteiger partial charge in [0.25, 0.3) is 0 Å². The van der Waals surface area contributed by atoms with E-state index in [4.69, 9.17) is 15.2 Å². The number of fused-ring (bicyclic) bond motifs is 1. The Hall–Kier alpha value is -2.94. The van der Waals surface area contributed by atoms with Gasteiger partial charge in [-0.25, -0.2) is 0 Å². The van der Waals surface area contributed by atoms with Crippen LogP contribution in [-0.4, -0.2) is 36.3 Å². The fourth-order valence-corrected chi connectivity index (χ4v) is 3.52. The van der Waals surface area contributed by atoms with E-state index in [0.29, 0.717) is 17.1 Å². The molecule has 2 heterocycles. The molecule has 4 N–H and O–H groups in total. The smallest absolute Gasteiger partial charge is 0.238 e. The van der Waals surface area contributed by atoms with Crippen LogP contribution in [0.25, 0.3) is 0 Å². The van der Waals surface area contributed by atoms with Crippen LogP contribution in [0.15, 0.2) is 18.2 Å². The third-order valence-corrected chi connectivity index (χ3v) is 5.27. The van der Waals surface area contributed by atoms with Crippen LogP contribution in [-0.2, 0) is 19.2 Å². The average molecular weight is 403 g/mol. The number of benzene rings is 1. The lowest BCUT2D eigenvalue weighted by Gasteiger charge is -2.25. The molecule has 0 spiro atoms. The first-order chi connectivity index (χ1) is 13.7. The van der Waals surface area contributed by atoms with E-state index in [1.54, 1.807) is 32.0 Å². The van der Waals surface area contributed by atoms with Crippen molar-refractivity contribution in [3.05, 3.63) is 23.8 Å². The van der Waals surface area contributed by atoms with E-state index in [1.807, 2.05) is 0 Å². The Kier molecular flexibility index (Phi) is 5.88. The standard InChI is InChI=1S/C20H25N3O6/c1-9(2)17(18(25)16-10(3)19(26)23-20(16)27)22-15(24)7-12(21)11-4-5-13-14(6-11)29-8-28-13/h4-6,9-10,12,16-17H,7-8,21H2,1-3H3,(H,22,24)(H,23,26,27)/t10-,12?,16+,17-/m0/s1. The Morgan fingerprint density at radius 2 is 1.90 bits per heavy atom. The zero-order valence-electron chi connectivity index (χ0n) is 16.6. The molecular weight excluding hydrogens is 378 g/mol. The van der Waals surface area contributed by atoms with Crippen LogP contribution >= 0.6 is 0 Å². The van der Waals surface area contributed by atoms with E-state index < -0.39 is 47.4 Å². The first-order valence-electron chi connectivity index (χ1n) is 9.52. The Morgan fingerprint density at radius 3 is 2.52 bits per heavy atom. The molecule has 2 aliphatic rings. The van der Waals surface area contributed by atoms with Gasteiger partial charge in [-0.15, -0.1) is 0 Å². The van der Waals surface area contributed by atoms with Crippen LogP contribution in [0, 0.1) is 17.8 Å². The summed E-state index contributed by atoms with van der Waals surface area (Å²) in [4.78, 5) is 49.1. The number of imide groups is 1. The highest BCUT2D eigenvalue weighted by Gasteiger charge is 2.46. The second-order valence-corrected chi connectivity index (χ2v) is 7.73. The van der Waals surface area contributed by atoms with Crippen LogP contribution < -0.4 is 25.8 Å². The molecule has 1 unspecified atom stereocenters. The largest absolute Gasteiger partial charge is 0.454 e. The molecule has 9 nitrogen and oxygen atoms in total. The van der Waals surface area contributed by atoms with Gasteiger partial charge in [0, 0.05) is 12.5 Å². The fourth-order valence-electron chi connectivity index (χ4n) is 3.52. The normalized spacial score (nSPS) is 22.4. The molecule has 29 heavy (non-hydrogen) atoms. The van der Waals surface area contributed by atoms with Gasteiger partial charge in [-0.1, -0.05) is 26.8 Å². The molecule has 0 aromatic heterocycles. The molecule has 1 aromatic rings. The Morgan fingerprint density at radius 1 is 1.21 bits per heavy atom. The monoisotopic (exact) mass is 403 g/mol. The van der Waals surface area contributed by atoms with E-state index in [2.05, 4.69) is 10.6 Å². The van der Waals surface area contributed by atoms with Crippen molar-refractivity contribution in [2.75, 3.05) is 6.79 Å². The summed E-state index contributed by atoms with van der Waals surface area (Å²) in [7, 11) is 0. The maximum Gasteiger partial charge on any atom is 0.238 e. The number of ether oxygens (including phenoxy) is 2. The molecule has 0 bridgehead atoms. The number of hydrogen-bond donors (Lipinski definition) is 3. The fraction of sp³-hybridized carbons (Fsp3) is 0.500. The molecular formula is C20H25N3O6. The summed E-state index contributed by atoms with van der Waals surface area (Å²) in [5.74, 6) is -2.92. The summed E-state index contributed by atoms with van der Waals surface area (Å²) >= 11 is 0. The number of hydrogen-bond acceptors (Lipinski definition) is 7. The third-order valence-electron chi connectivity index (χ3n) is 5.27. The average Bonchev–Trinajstić information content (AvgIpc) is 3.22. The number of nitrogens with one attached hydrogen (secondary N) is 2. The first kappa shape index (κ1) is 20.8. The van der Waals surface area contributed by atoms with Crippen molar-refractivity contribution in [3.63, 3.8) is 0 Å². The second kappa shape index (κ2) is 8.20. The molecule has 1 aromatic carbocycles. The summed E-state index contributed by atoms with van der Waals surface area (Å²) in [6, 6.07) is 3.71. The third kappa shape index (κ3) is 4.24. The van der Waals surface area contributed by atoms with E-state index in [-0.39, 0.29) is 19.1 Å². The highest BCUT2D eigenvalue weighted by atomic mass is 16.7. The predicted molar refractivity (Wildman–Crippen MR) is 102 cm³/mol. The first-order valence-corrected chi connectivity index (χ1v) is 9.52. The summed E-state index contributed by atoms with van der Waals surface area (Å²) in [5, 5.41) is 4.85. The van der Waals surface area contributed by atoms with E-state index >= 15 is 0 Å². The van der Waals surface area contributed by atoms with Crippen molar-refractivity contribution in [1.82, 2.24) is 10.6 Å². The molecule has 1 fully saturated rings. The Bertz CT molecular complexity index is 853. The minimum absolute atomic E-state index is 0.0541. The number of amides is 3. The molecule has 9 heteroatoms. The summed E-state index contributed by atoms with van der Waals surface area (Å²) in [6.07, 6.45) is -0.0541. The molecule has 0 aliphatic carbocycles. The summed E-state index contributed by atoms with van der Waals surface area (Å²) in [5.41, 5.74) is 6.85. The van der Waals surface area contributed by atoms with Gasteiger partial charge in [0.2, 0.25) is 24.5 Å². The van der Waals surface area contributed by atoms with Gasteiger partial charge in [0.15, 0.2) is 17.3 Å². The van der Waals surface area contributed by atoms with E-state index in [1.165, 1.54) is 6.92 Å². The number of nitrogens with two attached hydrogens (primary N) is 1. The number of rotatable bonds is 7. The van der Waals surface area contributed by atoms with Crippen LogP contribution in [0.2, 0.25) is 0 Å². The minimum atomic E-state index is -1.10. The van der Waals surface area contributed by atoms with Crippen molar-refractivity contribution in [2.45, 2.75) is 39.3 Å². The summed E-state index contributed by atoms with van der Waals surface area (Å²) in [6.45, 7) is 5.19. The number of carbonyl (C=O) groups excluding carboxylic acids is 4. The van der Waals surface area contributed by atoms with Gasteiger partial charge >= 0.3 is 0 Å². The van der Waals surface area contributed by atoms with Crippen LogP contribution in [0.5, 0.6) is 11.5 Å². The van der Waals surface area contributed by atoms with Crippen LogP contribution in [0.3, 0.4) is 0 Å². The van der Waals surface area contributed by atoms with Crippen molar-refractivity contribution >= 4 is 23.5 Å². The minimum Gasteiger partial charge on any atom is -0.454 e. The lowest BCUT2D eigenvalue weighted by atomic mass is 9.85. The van der Waals surface area contributed by atoms with Crippen molar-refractivity contribution < 1.29 is 28.7 Å². The van der Waals surface area contributed by atoms with Gasteiger partial charge < -0.3 is 20.5 Å². The molecule has 2 aliphatic heterocycles. The quantitative estimate of drug-likeness (QED) is 0.443. The second-order valence-electron chi connectivity index (χ2n) is 7.73. The lowest BCUT2D eigenvalue weighted by Crippen LogP contribution is -2.49. The van der Waals surface area contributed by atoms with Crippen LogP contribution in [0.4, 0.5) is 0 Å². The predicted octanol–water partition coefficient (Wildman–Crippen LogP) is 0.424. The van der Waals surface area contributed by atoms with Gasteiger partial charge in [-0.05, 0) is 23.6 Å².